The smallest absolute Gasteiger partial charge is 0.135 e. The summed E-state index contributed by atoms with van der Waals surface area (Å²) in [6, 6.07) is 1.82. The van der Waals surface area contributed by atoms with Crippen LogP contribution < -0.4 is 4.90 Å². The molecular weight excluding hydrogens is 238 g/mol. The van der Waals surface area contributed by atoms with Crippen molar-refractivity contribution in [2.45, 2.75) is 32.8 Å². The van der Waals surface area contributed by atoms with Crippen LogP contribution in [0, 0.1) is 0 Å². The molecule has 0 aromatic carbocycles. The Balaban J connectivity index is 2.25. The molecule has 5 heteroatoms. The van der Waals surface area contributed by atoms with Crippen molar-refractivity contribution in [3.8, 4) is 0 Å². The third-order valence-corrected chi connectivity index (χ3v) is 2.97. The van der Waals surface area contributed by atoms with Crippen molar-refractivity contribution in [1.29, 1.82) is 0 Å². The normalized spacial score (nSPS) is 21.0. The fourth-order valence-electron chi connectivity index (χ4n) is 1.87. The number of nitrogens with zero attached hydrogens (tertiary/aromatic N) is 3. The Morgan fingerprint density at radius 3 is 2.88 bits per heavy atom. The van der Waals surface area contributed by atoms with Crippen LogP contribution >= 0.6 is 11.6 Å². The van der Waals surface area contributed by atoms with Crippen molar-refractivity contribution >= 4 is 17.4 Å². The van der Waals surface area contributed by atoms with Crippen LogP contribution in [0.2, 0.25) is 5.15 Å². The Kier molecular flexibility index (Phi) is 3.84. The van der Waals surface area contributed by atoms with E-state index < -0.39 is 0 Å². The van der Waals surface area contributed by atoms with Gasteiger partial charge in [-0.1, -0.05) is 25.4 Å². The molecule has 1 aliphatic heterocycles. The minimum absolute atomic E-state index is 0.236. The van der Waals surface area contributed by atoms with Gasteiger partial charge in [0, 0.05) is 25.1 Å². The molecule has 2 rings (SSSR count). The zero-order valence-electron chi connectivity index (χ0n) is 10.5. The summed E-state index contributed by atoms with van der Waals surface area (Å²) < 4.78 is 5.52. The highest BCUT2D eigenvalue weighted by atomic mass is 35.5. The summed E-state index contributed by atoms with van der Waals surface area (Å²) in [7, 11) is 0. The van der Waals surface area contributed by atoms with Gasteiger partial charge in [-0.25, -0.2) is 9.97 Å². The largest absolute Gasteiger partial charge is 0.375 e. The maximum Gasteiger partial charge on any atom is 0.135 e. The van der Waals surface area contributed by atoms with Gasteiger partial charge in [-0.05, 0) is 6.92 Å². The van der Waals surface area contributed by atoms with Gasteiger partial charge in [0.1, 0.15) is 16.8 Å². The topological polar surface area (TPSA) is 38.2 Å². The molecular formula is C12H18ClN3O. The summed E-state index contributed by atoms with van der Waals surface area (Å²) >= 11 is 6.04. The standard InChI is InChI=1S/C12H18ClN3O/c1-8(2)12-14-10(13)6-11(15-12)16-4-5-17-9(3)7-16/h6,8-9H,4-5,7H2,1-3H3. The first-order valence-electron chi connectivity index (χ1n) is 5.97. The fraction of sp³-hybridized carbons (Fsp3) is 0.667. The van der Waals surface area contributed by atoms with Crippen LogP contribution in [0.25, 0.3) is 0 Å². The van der Waals surface area contributed by atoms with Crippen LogP contribution in [0.5, 0.6) is 0 Å². The quantitative estimate of drug-likeness (QED) is 0.761. The molecule has 1 saturated heterocycles. The average molecular weight is 256 g/mol. The lowest BCUT2D eigenvalue weighted by atomic mass is 10.2. The van der Waals surface area contributed by atoms with Gasteiger partial charge in [0.2, 0.25) is 0 Å². The van der Waals surface area contributed by atoms with Crippen LogP contribution in [-0.2, 0) is 4.74 Å². The lowest BCUT2D eigenvalue weighted by Gasteiger charge is -2.32. The van der Waals surface area contributed by atoms with E-state index in [-0.39, 0.29) is 12.0 Å². The van der Waals surface area contributed by atoms with Gasteiger partial charge in [0.05, 0.1) is 12.7 Å². The third kappa shape index (κ3) is 3.07. The predicted octanol–water partition coefficient (Wildman–Crippen LogP) is 2.48. The molecule has 1 aromatic heterocycles. The van der Waals surface area contributed by atoms with Crippen LogP contribution in [0.4, 0.5) is 5.82 Å². The molecule has 94 valence electrons. The number of halogens is 1. The number of ether oxygens (including phenoxy) is 1. The molecule has 1 aromatic rings. The zero-order chi connectivity index (χ0) is 12.4. The monoisotopic (exact) mass is 255 g/mol. The summed E-state index contributed by atoms with van der Waals surface area (Å²) in [5.41, 5.74) is 0. The number of aromatic nitrogens is 2. The zero-order valence-corrected chi connectivity index (χ0v) is 11.2. The Labute approximate surface area is 107 Å². The molecule has 0 saturated carbocycles. The molecule has 1 atom stereocenters. The summed E-state index contributed by atoms with van der Waals surface area (Å²) in [4.78, 5) is 11.0. The van der Waals surface area contributed by atoms with Crippen molar-refractivity contribution in [2.24, 2.45) is 0 Å². The molecule has 0 spiro atoms. The molecule has 0 bridgehead atoms. The maximum atomic E-state index is 6.04. The van der Waals surface area contributed by atoms with Crippen molar-refractivity contribution in [2.75, 3.05) is 24.6 Å². The summed E-state index contributed by atoms with van der Waals surface area (Å²) in [6.45, 7) is 8.65. The van der Waals surface area contributed by atoms with Gasteiger partial charge >= 0.3 is 0 Å². The lowest BCUT2D eigenvalue weighted by molar-refractivity contribution is 0.0529. The van der Waals surface area contributed by atoms with E-state index in [1.54, 1.807) is 0 Å². The van der Waals surface area contributed by atoms with Crippen molar-refractivity contribution in [1.82, 2.24) is 9.97 Å². The van der Waals surface area contributed by atoms with Gasteiger partial charge in [0.25, 0.3) is 0 Å². The highest BCUT2D eigenvalue weighted by molar-refractivity contribution is 6.29. The van der Waals surface area contributed by atoms with E-state index in [4.69, 9.17) is 16.3 Å². The SMILES string of the molecule is CC1CN(c2cc(Cl)nc(C(C)C)n2)CCO1. The summed E-state index contributed by atoms with van der Waals surface area (Å²) in [5, 5.41) is 0.512. The van der Waals surface area contributed by atoms with Gasteiger partial charge < -0.3 is 9.64 Å². The molecule has 1 fully saturated rings. The Hall–Kier alpha value is -0.870. The number of rotatable bonds is 2. The number of hydrogen-bond donors (Lipinski definition) is 0. The minimum atomic E-state index is 0.236. The van der Waals surface area contributed by atoms with E-state index in [2.05, 4.69) is 35.6 Å². The Morgan fingerprint density at radius 2 is 2.24 bits per heavy atom. The second-order valence-corrected chi connectivity index (χ2v) is 5.08. The van der Waals surface area contributed by atoms with E-state index in [0.29, 0.717) is 5.15 Å². The molecule has 0 amide bonds. The second kappa shape index (κ2) is 5.19. The molecule has 17 heavy (non-hydrogen) atoms. The fourth-order valence-corrected chi connectivity index (χ4v) is 2.05. The van der Waals surface area contributed by atoms with Crippen LogP contribution in [0.1, 0.15) is 32.5 Å². The van der Waals surface area contributed by atoms with Crippen molar-refractivity contribution < 1.29 is 4.74 Å². The molecule has 4 nitrogen and oxygen atoms in total. The van der Waals surface area contributed by atoms with E-state index in [9.17, 15) is 0 Å². The first-order valence-corrected chi connectivity index (χ1v) is 6.35. The second-order valence-electron chi connectivity index (χ2n) is 4.69. The van der Waals surface area contributed by atoms with Crippen LogP contribution in [0.15, 0.2) is 6.07 Å². The molecule has 1 aliphatic rings. The van der Waals surface area contributed by atoms with Gasteiger partial charge in [0.15, 0.2) is 0 Å². The Morgan fingerprint density at radius 1 is 1.47 bits per heavy atom. The first kappa shape index (κ1) is 12.6. The highest BCUT2D eigenvalue weighted by Crippen LogP contribution is 2.21. The summed E-state index contributed by atoms with van der Waals surface area (Å²) in [6.07, 6.45) is 0.236. The third-order valence-electron chi connectivity index (χ3n) is 2.78. The van der Waals surface area contributed by atoms with E-state index in [1.165, 1.54) is 0 Å². The predicted molar refractivity (Wildman–Crippen MR) is 68.8 cm³/mol. The van der Waals surface area contributed by atoms with Gasteiger partial charge in [-0.15, -0.1) is 0 Å². The molecule has 0 aliphatic carbocycles. The van der Waals surface area contributed by atoms with Crippen molar-refractivity contribution in [3.63, 3.8) is 0 Å². The van der Waals surface area contributed by atoms with Crippen LogP contribution in [-0.4, -0.2) is 35.8 Å². The maximum absolute atomic E-state index is 6.04. The van der Waals surface area contributed by atoms with Crippen LogP contribution in [0.3, 0.4) is 0 Å². The van der Waals surface area contributed by atoms with E-state index in [1.807, 2.05) is 6.07 Å². The molecule has 2 heterocycles. The minimum Gasteiger partial charge on any atom is -0.375 e. The average Bonchev–Trinajstić information content (AvgIpc) is 2.28. The molecule has 1 unspecified atom stereocenters. The van der Waals surface area contributed by atoms with Gasteiger partial charge in [-0.3, -0.25) is 0 Å². The number of anilines is 1. The van der Waals surface area contributed by atoms with Gasteiger partial charge in [-0.2, -0.15) is 0 Å². The summed E-state index contributed by atoms with van der Waals surface area (Å²) in [5.74, 6) is 1.99. The van der Waals surface area contributed by atoms with Crippen molar-refractivity contribution in [3.05, 3.63) is 17.0 Å². The molecule has 0 radical (unpaired) electrons. The number of morpholine rings is 1. The highest BCUT2D eigenvalue weighted by Gasteiger charge is 2.19. The van der Waals surface area contributed by atoms with E-state index in [0.717, 1.165) is 31.3 Å². The lowest BCUT2D eigenvalue weighted by Crippen LogP contribution is -2.41. The van der Waals surface area contributed by atoms with E-state index >= 15 is 0 Å². The number of hydrogen-bond acceptors (Lipinski definition) is 4. The first-order chi connectivity index (χ1) is 8.06. The Bertz CT molecular complexity index is 397. The molecule has 0 N–H and O–H groups in total.